The lowest BCUT2D eigenvalue weighted by Crippen LogP contribution is -2.29. The minimum absolute atomic E-state index is 0.111. The lowest BCUT2D eigenvalue weighted by Gasteiger charge is -2.11. The van der Waals surface area contributed by atoms with Gasteiger partial charge in [0, 0.05) is 6.54 Å². The highest BCUT2D eigenvalue weighted by Crippen LogP contribution is 2.23. The van der Waals surface area contributed by atoms with Crippen molar-refractivity contribution in [2.45, 2.75) is 33.3 Å². The second kappa shape index (κ2) is 8.14. The van der Waals surface area contributed by atoms with Gasteiger partial charge in [0.1, 0.15) is 5.75 Å². The number of nitrogens with one attached hydrogen (secondary N) is 1. The van der Waals surface area contributed by atoms with Gasteiger partial charge in [-0.1, -0.05) is 6.92 Å². The summed E-state index contributed by atoms with van der Waals surface area (Å²) >= 11 is 0. The normalized spacial score (nSPS) is 10.3. The summed E-state index contributed by atoms with van der Waals surface area (Å²) < 4.78 is 10.4. The first kappa shape index (κ1) is 16.8. The number of esters is 1. The predicted molar refractivity (Wildman–Crippen MR) is 80.2 cm³/mol. The number of carbonyl (C=O) groups is 2. The Labute approximate surface area is 124 Å². The summed E-state index contributed by atoms with van der Waals surface area (Å²) in [6.45, 7) is 6.01. The molecule has 0 aliphatic heterocycles. The standard InChI is InChI=1S/C15H22N2O4/c1-4-7-17-14(18)9-20-13-6-5-11(8-12(13)16)15(19)21-10(2)3/h5-6,8,10H,4,7,9,16H2,1-3H3,(H,17,18). The highest BCUT2D eigenvalue weighted by atomic mass is 16.5. The molecular formula is C15H22N2O4. The van der Waals surface area contributed by atoms with E-state index in [-0.39, 0.29) is 24.3 Å². The molecule has 0 atom stereocenters. The predicted octanol–water partition coefficient (Wildman–Crippen LogP) is 1.74. The second-order valence-corrected chi connectivity index (χ2v) is 4.85. The summed E-state index contributed by atoms with van der Waals surface area (Å²) in [5.74, 6) is -0.286. The van der Waals surface area contributed by atoms with E-state index in [0.717, 1.165) is 6.42 Å². The van der Waals surface area contributed by atoms with Crippen LogP contribution >= 0.6 is 0 Å². The zero-order valence-electron chi connectivity index (χ0n) is 12.6. The third-order valence-corrected chi connectivity index (χ3v) is 2.52. The molecule has 1 rings (SSSR count). The first-order chi connectivity index (χ1) is 9.93. The van der Waals surface area contributed by atoms with Crippen molar-refractivity contribution in [3.05, 3.63) is 23.8 Å². The van der Waals surface area contributed by atoms with Crippen LogP contribution in [0.4, 0.5) is 5.69 Å². The van der Waals surface area contributed by atoms with E-state index in [9.17, 15) is 9.59 Å². The molecule has 0 aromatic heterocycles. The highest BCUT2D eigenvalue weighted by molar-refractivity contribution is 5.91. The third-order valence-electron chi connectivity index (χ3n) is 2.52. The Bertz CT molecular complexity index is 500. The molecule has 0 aliphatic rings. The molecule has 1 amide bonds. The molecular weight excluding hydrogens is 272 g/mol. The van der Waals surface area contributed by atoms with Crippen LogP contribution in [-0.4, -0.2) is 31.1 Å². The number of carbonyl (C=O) groups excluding carboxylic acids is 2. The summed E-state index contributed by atoms with van der Waals surface area (Å²) in [6, 6.07) is 4.59. The first-order valence-corrected chi connectivity index (χ1v) is 6.94. The first-order valence-electron chi connectivity index (χ1n) is 6.94. The van der Waals surface area contributed by atoms with Crippen LogP contribution < -0.4 is 15.8 Å². The van der Waals surface area contributed by atoms with Crippen molar-refractivity contribution >= 4 is 17.6 Å². The fourth-order valence-corrected chi connectivity index (χ4v) is 1.55. The van der Waals surface area contributed by atoms with E-state index < -0.39 is 5.97 Å². The van der Waals surface area contributed by atoms with Gasteiger partial charge in [-0.2, -0.15) is 0 Å². The molecule has 6 heteroatoms. The van der Waals surface area contributed by atoms with Crippen LogP contribution in [0.15, 0.2) is 18.2 Å². The highest BCUT2D eigenvalue weighted by Gasteiger charge is 2.12. The molecule has 0 saturated carbocycles. The number of nitrogens with two attached hydrogens (primary N) is 1. The molecule has 6 nitrogen and oxygen atoms in total. The van der Waals surface area contributed by atoms with Crippen molar-refractivity contribution in [1.82, 2.24) is 5.32 Å². The fourth-order valence-electron chi connectivity index (χ4n) is 1.55. The largest absolute Gasteiger partial charge is 0.482 e. The summed E-state index contributed by atoms with van der Waals surface area (Å²) in [6.07, 6.45) is 0.664. The summed E-state index contributed by atoms with van der Waals surface area (Å²) in [4.78, 5) is 23.2. The van der Waals surface area contributed by atoms with Crippen molar-refractivity contribution in [1.29, 1.82) is 0 Å². The van der Waals surface area contributed by atoms with Crippen LogP contribution in [0.1, 0.15) is 37.6 Å². The molecule has 3 N–H and O–H groups in total. The maximum Gasteiger partial charge on any atom is 0.338 e. The molecule has 0 unspecified atom stereocenters. The number of rotatable bonds is 7. The molecule has 0 fully saturated rings. The van der Waals surface area contributed by atoms with Gasteiger partial charge in [0.15, 0.2) is 6.61 Å². The Hall–Kier alpha value is -2.24. The zero-order chi connectivity index (χ0) is 15.8. The van der Waals surface area contributed by atoms with Gasteiger partial charge in [-0.3, -0.25) is 4.79 Å². The minimum Gasteiger partial charge on any atom is -0.482 e. The second-order valence-electron chi connectivity index (χ2n) is 4.85. The van der Waals surface area contributed by atoms with E-state index in [2.05, 4.69) is 5.32 Å². The Balaban J connectivity index is 2.62. The van der Waals surface area contributed by atoms with Gasteiger partial charge in [-0.15, -0.1) is 0 Å². The Morgan fingerprint density at radius 3 is 2.62 bits per heavy atom. The molecule has 0 saturated heterocycles. The van der Waals surface area contributed by atoms with Crippen LogP contribution in [0.3, 0.4) is 0 Å². The SMILES string of the molecule is CCCNC(=O)COc1ccc(C(=O)OC(C)C)cc1N. The number of anilines is 1. The van der Waals surface area contributed by atoms with E-state index in [4.69, 9.17) is 15.2 Å². The zero-order valence-corrected chi connectivity index (χ0v) is 12.6. The number of ether oxygens (including phenoxy) is 2. The van der Waals surface area contributed by atoms with Crippen molar-refractivity contribution in [2.24, 2.45) is 0 Å². The lowest BCUT2D eigenvalue weighted by atomic mass is 10.2. The van der Waals surface area contributed by atoms with Gasteiger partial charge in [-0.05, 0) is 38.5 Å². The number of nitrogen functional groups attached to an aromatic ring is 1. The number of amides is 1. The van der Waals surface area contributed by atoms with Crippen LogP contribution in [0.2, 0.25) is 0 Å². The monoisotopic (exact) mass is 294 g/mol. The smallest absolute Gasteiger partial charge is 0.338 e. The average Bonchev–Trinajstić information content (AvgIpc) is 2.42. The fraction of sp³-hybridized carbons (Fsp3) is 0.467. The van der Waals surface area contributed by atoms with E-state index in [1.54, 1.807) is 26.0 Å². The van der Waals surface area contributed by atoms with Crippen LogP contribution in [0, 0.1) is 0 Å². The van der Waals surface area contributed by atoms with Crippen molar-refractivity contribution < 1.29 is 19.1 Å². The van der Waals surface area contributed by atoms with Crippen molar-refractivity contribution in [2.75, 3.05) is 18.9 Å². The quantitative estimate of drug-likeness (QED) is 0.590. The summed E-state index contributed by atoms with van der Waals surface area (Å²) in [5, 5.41) is 2.69. The molecule has 21 heavy (non-hydrogen) atoms. The van der Waals surface area contributed by atoms with E-state index in [0.29, 0.717) is 17.9 Å². The Morgan fingerprint density at radius 2 is 2.05 bits per heavy atom. The molecule has 0 spiro atoms. The van der Waals surface area contributed by atoms with Gasteiger partial charge in [0.2, 0.25) is 0 Å². The average molecular weight is 294 g/mol. The van der Waals surface area contributed by atoms with Crippen LogP contribution in [0.5, 0.6) is 5.75 Å². The van der Waals surface area contributed by atoms with Gasteiger partial charge in [0.05, 0.1) is 17.4 Å². The molecule has 116 valence electrons. The molecule has 0 heterocycles. The number of hydrogen-bond donors (Lipinski definition) is 2. The van der Waals surface area contributed by atoms with Gasteiger partial charge >= 0.3 is 5.97 Å². The van der Waals surface area contributed by atoms with Crippen LogP contribution in [-0.2, 0) is 9.53 Å². The molecule has 1 aromatic carbocycles. The summed E-state index contributed by atoms with van der Waals surface area (Å²) in [7, 11) is 0. The Kier molecular flexibility index (Phi) is 6.52. The minimum atomic E-state index is -0.441. The number of hydrogen-bond acceptors (Lipinski definition) is 5. The Morgan fingerprint density at radius 1 is 1.33 bits per heavy atom. The lowest BCUT2D eigenvalue weighted by molar-refractivity contribution is -0.123. The van der Waals surface area contributed by atoms with Crippen LogP contribution in [0.25, 0.3) is 0 Å². The van der Waals surface area contributed by atoms with Crippen molar-refractivity contribution in [3.63, 3.8) is 0 Å². The molecule has 0 bridgehead atoms. The van der Waals surface area contributed by atoms with E-state index in [1.165, 1.54) is 6.07 Å². The van der Waals surface area contributed by atoms with E-state index >= 15 is 0 Å². The van der Waals surface area contributed by atoms with Gasteiger partial charge in [0.25, 0.3) is 5.91 Å². The topological polar surface area (TPSA) is 90.6 Å². The van der Waals surface area contributed by atoms with Crippen molar-refractivity contribution in [3.8, 4) is 5.75 Å². The van der Waals surface area contributed by atoms with E-state index in [1.807, 2.05) is 6.92 Å². The number of benzene rings is 1. The van der Waals surface area contributed by atoms with Gasteiger partial charge in [-0.25, -0.2) is 4.79 Å². The van der Waals surface area contributed by atoms with Gasteiger partial charge < -0.3 is 20.5 Å². The summed E-state index contributed by atoms with van der Waals surface area (Å²) in [5.41, 5.74) is 6.45. The molecule has 1 aromatic rings. The maximum absolute atomic E-state index is 11.7. The molecule has 0 radical (unpaired) electrons. The molecule has 0 aliphatic carbocycles. The maximum atomic E-state index is 11.7. The third kappa shape index (κ3) is 5.72.